The molecule has 0 bridgehead atoms. The molecule has 1 heterocycles. The van der Waals surface area contributed by atoms with Gasteiger partial charge in [-0.1, -0.05) is 290 Å². The highest BCUT2D eigenvalue weighted by Crippen LogP contribution is 2.26. The van der Waals surface area contributed by atoms with E-state index in [1.54, 1.807) is 6.08 Å². The van der Waals surface area contributed by atoms with Gasteiger partial charge in [0.25, 0.3) is 0 Å². The van der Waals surface area contributed by atoms with Crippen molar-refractivity contribution in [1.82, 2.24) is 5.32 Å². The second-order valence-corrected chi connectivity index (χ2v) is 24.2. The maximum absolute atomic E-state index is 13.5. The molecule has 0 aromatic rings. The Morgan fingerprint density at radius 2 is 0.818 bits per heavy atom. The maximum atomic E-state index is 13.5. The molecule has 0 aromatic heterocycles. The summed E-state index contributed by atoms with van der Waals surface area (Å²) in [6.07, 6.45) is 78.0. The fourth-order valence-corrected chi connectivity index (χ4v) is 10.5. The zero-order chi connectivity index (χ0) is 63.9. The second kappa shape index (κ2) is 63.2. The van der Waals surface area contributed by atoms with Crippen molar-refractivity contribution in [2.75, 3.05) is 13.2 Å². The Morgan fingerprint density at radius 1 is 0.455 bits per heavy atom. The number of ether oxygens (including phenoxy) is 3. The summed E-state index contributed by atoms with van der Waals surface area (Å²) in [4.78, 5) is 26.7. The Bertz CT molecular complexity index is 1900. The van der Waals surface area contributed by atoms with Crippen molar-refractivity contribution in [3.63, 3.8) is 0 Å². The molecule has 8 unspecified atom stereocenters. The van der Waals surface area contributed by atoms with Crippen LogP contribution in [0.5, 0.6) is 0 Å². The third-order valence-electron chi connectivity index (χ3n) is 16.1. The Kier molecular flexibility index (Phi) is 59.0. The Balaban J connectivity index is 2.60. The molecule has 88 heavy (non-hydrogen) atoms. The van der Waals surface area contributed by atoms with Crippen molar-refractivity contribution in [3.05, 3.63) is 122 Å². The number of esters is 1. The predicted octanol–water partition coefficient (Wildman–Crippen LogP) is 18.6. The lowest BCUT2D eigenvalue weighted by molar-refractivity contribution is -0.305. The van der Waals surface area contributed by atoms with Gasteiger partial charge in [0.1, 0.15) is 24.4 Å². The normalized spacial score (nSPS) is 18.9. The van der Waals surface area contributed by atoms with Crippen molar-refractivity contribution in [2.45, 2.75) is 339 Å². The number of aliphatic hydroxyl groups excluding tert-OH is 5. The molecule has 0 radical (unpaired) electrons. The Hall–Kier alpha value is -3.94. The van der Waals surface area contributed by atoms with Crippen LogP contribution in [-0.4, -0.2) is 99.6 Å². The SMILES string of the molecule is CC/C=C\C/C=C\C/C=C\C/C=C\C/C=C\C/C=C\CCCCCCCC(O)C(=O)NC(COC1OC(CO)C(O)C(O)C1OC(=O)CCCCCCCCCCCC/C=C\C/C=C\C/C=C\CCCCC)C(O)/C=C/CCCCCCCCCCCC. The smallest absolute Gasteiger partial charge is 0.306 e. The first-order chi connectivity index (χ1) is 43.2. The Morgan fingerprint density at radius 3 is 1.25 bits per heavy atom. The highest BCUT2D eigenvalue weighted by molar-refractivity contribution is 5.80. The molecule has 0 aliphatic carbocycles. The molecule has 1 aliphatic heterocycles. The predicted molar refractivity (Wildman–Crippen MR) is 370 cm³/mol. The summed E-state index contributed by atoms with van der Waals surface area (Å²) >= 11 is 0. The van der Waals surface area contributed by atoms with E-state index >= 15 is 0 Å². The van der Waals surface area contributed by atoms with E-state index in [1.165, 1.54) is 103 Å². The number of hydrogen-bond donors (Lipinski definition) is 6. The van der Waals surface area contributed by atoms with Crippen LogP contribution >= 0.6 is 0 Å². The van der Waals surface area contributed by atoms with Crippen molar-refractivity contribution >= 4 is 11.9 Å². The molecule has 11 nitrogen and oxygen atoms in total. The average Bonchev–Trinajstić information content (AvgIpc) is 3.72. The number of allylic oxidation sites excluding steroid dienone is 19. The number of carbonyl (C=O) groups is 2. The van der Waals surface area contributed by atoms with Gasteiger partial charge < -0.3 is 45.1 Å². The van der Waals surface area contributed by atoms with Gasteiger partial charge in [0.15, 0.2) is 12.4 Å². The fourth-order valence-electron chi connectivity index (χ4n) is 10.5. The summed E-state index contributed by atoms with van der Waals surface area (Å²) in [7, 11) is 0. The zero-order valence-corrected chi connectivity index (χ0v) is 56.1. The summed E-state index contributed by atoms with van der Waals surface area (Å²) in [5.41, 5.74) is 0. The molecule has 0 saturated carbocycles. The lowest BCUT2D eigenvalue weighted by atomic mass is 9.99. The maximum Gasteiger partial charge on any atom is 0.306 e. The van der Waals surface area contributed by atoms with Gasteiger partial charge in [0.2, 0.25) is 5.91 Å². The fraction of sp³-hybridized carbons (Fsp3) is 0.714. The monoisotopic (exact) mass is 1230 g/mol. The number of aliphatic hydroxyl groups is 5. The lowest BCUT2D eigenvalue weighted by Gasteiger charge is -2.41. The largest absolute Gasteiger partial charge is 0.454 e. The molecular weight excluding hydrogens is 1100 g/mol. The highest BCUT2D eigenvalue weighted by Gasteiger charge is 2.47. The van der Waals surface area contributed by atoms with E-state index in [-0.39, 0.29) is 19.4 Å². The van der Waals surface area contributed by atoms with Gasteiger partial charge in [-0.25, -0.2) is 0 Å². The number of nitrogens with one attached hydrogen (secondary N) is 1. The molecule has 1 rings (SSSR count). The number of carbonyl (C=O) groups excluding carboxylic acids is 2. The molecule has 1 aliphatic rings. The van der Waals surface area contributed by atoms with Crippen LogP contribution in [0.4, 0.5) is 0 Å². The Labute approximate surface area is 538 Å². The first-order valence-corrected chi connectivity index (χ1v) is 35.8. The van der Waals surface area contributed by atoms with E-state index in [9.17, 15) is 35.1 Å². The molecular formula is C77H131NO10. The van der Waals surface area contributed by atoms with Crippen LogP contribution in [0.25, 0.3) is 0 Å². The lowest BCUT2D eigenvalue weighted by Crippen LogP contribution is -2.61. The standard InChI is InChI=1S/C77H131NO10/c1-4-7-10-13-16-19-22-25-27-29-31-33-35-37-38-40-42-44-46-49-52-55-58-61-64-70(81)76(85)78-68(69(80)63-60-57-54-51-48-24-21-18-15-12-9-6-3)67-86-77-75(74(84)73(83)71(66-79)87-77)88-72(82)65-62-59-56-53-50-47-45-43-41-39-36-34-32-30-28-26-23-20-17-14-11-8-5-2/h7,10,16-17,19-20,25-28,31-34,37-38,42,44,60,63,68-71,73-75,77,79-81,83-84H,4-6,8-9,11-15,18,21-24,29-30,35-36,39-41,43,45-59,61-62,64-67H2,1-3H3,(H,78,85)/b10-7-,19-16-,20-17-,27-25-,28-26-,33-31-,34-32-,38-37-,44-42-,63-60+. The average molecular weight is 1230 g/mol. The van der Waals surface area contributed by atoms with E-state index in [1.807, 2.05) is 6.08 Å². The number of amides is 1. The van der Waals surface area contributed by atoms with E-state index < -0.39 is 67.4 Å². The first-order valence-electron chi connectivity index (χ1n) is 35.8. The van der Waals surface area contributed by atoms with E-state index in [2.05, 4.69) is 135 Å². The van der Waals surface area contributed by atoms with Crippen LogP contribution in [0.15, 0.2) is 122 Å². The summed E-state index contributed by atoms with van der Waals surface area (Å²) in [6, 6.07) is -1.04. The van der Waals surface area contributed by atoms with Gasteiger partial charge in [-0.15, -0.1) is 0 Å². The molecule has 8 atom stereocenters. The van der Waals surface area contributed by atoms with Gasteiger partial charge in [-0.2, -0.15) is 0 Å². The molecule has 6 N–H and O–H groups in total. The first kappa shape index (κ1) is 82.1. The van der Waals surface area contributed by atoms with Gasteiger partial charge >= 0.3 is 5.97 Å². The minimum Gasteiger partial charge on any atom is -0.454 e. The number of rotatable bonds is 60. The summed E-state index contributed by atoms with van der Waals surface area (Å²) in [5.74, 6) is -1.22. The minimum absolute atomic E-state index is 0.111. The van der Waals surface area contributed by atoms with Crippen LogP contribution in [0, 0.1) is 0 Å². The molecule has 0 aromatic carbocycles. The molecule has 0 spiro atoms. The number of hydrogen-bond acceptors (Lipinski definition) is 10. The van der Waals surface area contributed by atoms with E-state index in [0.29, 0.717) is 12.8 Å². The van der Waals surface area contributed by atoms with Crippen LogP contribution in [0.3, 0.4) is 0 Å². The van der Waals surface area contributed by atoms with Gasteiger partial charge in [0.05, 0.1) is 25.4 Å². The molecule has 1 amide bonds. The quantitative estimate of drug-likeness (QED) is 0.0195. The van der Waals surface area contributed by atoms with Crippen LogP contribution in [0.2, 0.25) is 0 Å². The van der Waals surface area contributed by atoms with Crippen molar-refractivity contribution in [3.8, 4) is 0 Å². The topological polar surface area (TPSA) is 175 Å². The minimum atomic E-state index is -1.63. The van der Waals surface area contributed by atoms with Crippen LogP contribution in [-0.2, 0) is 23.8 Å². The summed E-state index contributed by atoms with van der Waals surface area (Å²) in [5, 5.41) is 57.3. The highest BCUT2D eigenvalue weighted by atomic mass is 16.7. The molecule has 11 heteroatoms. The molecule has 1 fully saturated rings. The summed E-state index contributed by atoms with van der Waals surface area (Å²) < 4.78 is 17.7. The number of unbranched alkanes of at least 4 members (excludes halogenated alkanes) is 28. The van der Waals surface area contributed by atoms with Crippen molar-refractivity contribution in [2.24, 2.45) is 0 Å². The molecule has 1 saturated heterocycles. The van der Waals surface area contributed by atoms with Gasteiger partial charge in [-0.3, -0.25) is 9.59 Å². The van der Waals surface area contributed by atoms with Crippen molar-refractivity contribution in [1.29, 1.82) is 0 Å². The van der Waals surface area contributed by atoms with Gasteiger partial charge in [0, 0.05) is 6.42 Å². The van der Waals surface area contributed by atoms with Crippen LogP contribution < -0.4 is 5.32 Å². The molecule has 504 valence electrons. The zero-order valence-electron chi connectivity index (χ0n) is 56.1. The van der Waals surface area contributed by atoms with Crippen LogP contribution in [0.1, 0.15) is 290 Å². The van der Waals surface area contributed by atoms with E-state index in [4.69, 9.17) is 14.2 Å². The van der Waals surface area contributed by atoms with Gasteiger partial charge in [-0.05, 0) is 116 Å². The van der Waals surface area contributed by atoms with E-state index in [0.717, 1.165) is 141 Å². The second-order valence-electron chi connectivity index (χ2n) is 24.2. The third-order valence-corrected chi connectivity index (χ3v) is 16.1. The summed E-state index contributed by atoms with van der Waals surface area (Å²) in [6.45, 7) is 5.65. The van der Waals surface area contributed by atoms with Crippen molar-refractivity contribution < 1.29 is 49.3 Å². The third kappa shape index (κ3) is 49.8.